The summed E-state index contributed by atoms with van der Waals surface area (Å²) in [5.74, 6) is 1.68. The Balaban J connectivity index is 1.32. The molecule has 3 fully saturated rings. The van der Waals surface area contributed by atoms with Crippen molar-refractivity contribution in [2.24, 2.45) is 5.41 Å². The summed E-state index contributed by atoms with van der Waals surface area (Å²) < 4.78 is 20.5. The normalized spacial score (nSPS) is 19.6. The first-order valence-electron chi connectivity index (χ1n) is 11.3. The van der Waals surface area contributed by atoms with E-state index >= 15 is 0 Å². The second-order valence-electron chi connectivity index (χ2n) is 9.15. The molecular weight excluding hydrogens is 407 g/mol. The number of halogens is 1. The van der Waals surface area contributed by atoms with Crippen LogP contribution < -0.4 is 15.0 Å². The lowest BCUT2D eigenvalue weighted by molar-refractivity contribution is 0.148. The van der Waals surface area contributed by atoms with Crippen LogP contribution >= 0.6 is 0 Å². The summed E-state index contributed by atoms with van der Waals surface area (Å²) >= 11 is 0. The van der Waals surface area contributed by atoms with E-state index < -0.39 is 0 Å². The van der Waals surface area contributed by atoms with Gasteiger partial charge in [-0.1, -0.05) is 6.07 Å². The van der Waals surface area contributed by atoms with E-state index in [2.05, 4.69) is 30.4 Å². The van der Waals surface area contributed by atoms with Gasteiger partial charge in [-0.25, -0.2) is 9.37 Å². The number of hydrogen-bond acceptors (Lipinski definition) is 7. The minimum Gasteiger partial charge on any atom is -0.434 e. The third kappa shape index (κ3) is 3.58. The molecule has 1 spiro atoms. The molecule has 164 valence electrons. The SMILES string of the molecule is Fc1ccc(Oc2nncnc2N2CC3(CCNCC3)C2)c(-c2cccnc2C2CC2)c1. The second kappa shape index (κ2) is 7.78. The maximum atomic E-state index is 14.3. The molecule has 0 unspecified atom stereocenters. The molecule has 2 aliphatic heterocycles. The maximum absolute atomic E-state index is 14.3. The van der Waals surface area contributed by atoms with Gasteiger partial charge in [-0.05, 0) is 63.0 Å². The molecule has 1 aliphatic carbocycles. The van der Waals surface area contributed by atoms with E-state index in [1.165, 1.54) is 31.3 Å². The van der Waals surface area contributed by atoms with Gasteiger partial charge in [0.05, 0.1) is 5.69 Å². The zero-order chi connectivity index (χ0) is 21.5. The average Bonchev–Trinajstić information content (AvgIpc) is 3.65. The van der Waals surface area contributed by atoms with E-state index in [0.717, 1.165) is 50.3 Å². The van der Waals surface area contributed by atoms with Gasteiger partial charge in [0, 0.05) is 41.7 Å². The van der Waals surface area contributed by atoms with Crippen molar-refractivity contribution >= 4 is 5.82 Å². The van der Waals surface area contributed by atoms with Gasteiger partial charge in [-0.15, -0.1) is 10.2 Å². The van der Waals surface area contributed by atoms with E-state index in [0.29, 0.717) is 34.3 Å². The molecule has 0 radical (unpaired) electrons. The Hall–Kier alpha value is -3.13. The first-order valence-corrected chi connectivity index (χ1v) is 11.3. The van der Waals surface area contributed by atoms with Crippen LogP contribution in [-0.4, -0.2) is 46.3 Å². The van der Waals surface area contributed by atoms with Crippen LogP contribution in [0.2, 0.25) is 0 Å². The lowest BCUT2D eigenvalue weighted by Crippen LogP contribution is -2.60. The lowest BCUT2D eigenvalue weighted by atomic mass is 9.72. The number of nitrogens with one attached hydrogen (secondary N) is 1. The molecule has 0 atom stereocenters. The highest BCUT2D eigenvalue weighted by Crippen LogP contribution is 2.47. The summed E-state index contributed by atoms with van der Waals surface area (Å²) in [5.41, 5.74) is 2.93. The average molecular weight is 433 g/mol. The van der Waals surface area contributed by atoms with Crippen LogP contribution in [0.1, 0.15) is 37.3 Å². The summed E-state index contributed by atoms with van der Waals surface area (Å²) in [7, 11) is 0. The summed E-state index contributed by atoms with van der Waals surface area (Å²) in [6.07, 6.45) is 7.81. The highest BCUT2D eigenvalue weighted by Gasteiger charge is 2.45. The van der Waals surface area contributed by atoms with Crippen LogP contribution in [0.15, 0.2) is 42.9 Å². The highest BCUT2D eigenvalue weighted by molar-refractivity contribution is 5.74. The van der Waals surface area contributed by atoms with Crippen LogP contribution in [0.5, 0.6) is 11.6 Å². The van der Waals surface area contributed by atoms with Gasteiger partial charge in [0.2, 0.25) is 0 Å². The molecule has 3 aliphatic rings. The summed E-state index contributed by atoms with van der Waals surface area (Å²) in [6.45, 7) is 4.00. The molecule has 3 aromatic rings. The van der Waals surface area contributed by atoms with E-state index in [1.807, 2.05) is 12.1 Å². The molecule has 1 saturated carbocycles. The Labute approximate surface area is 186 Å². The number of piperidine rings is 1. The highest BCUT2D eigenvalue weighted by atomic mass is 19.1. The molecule has 2 saturated heterocycles. The van der Waals surface area contributed by atoms with Crippen molar-refractivity contribution in [2.45, 2.75) is 31.6 Å². The standard InChI is InChI=1S/C24H25FN6O/c25-17-5-6-20(19(12-17)18-2-1-9-27-21(18)16-3-4-16)32-23-22(28-15-29-30-23)31-13-24(14-31)7-10-26-11-8-24/h1-2,5-6,9,12,15-16,26H,3-4,7-8,10-11,13-14H2. The predicted octanol–water partition coefficient (Wildman–Crippen LogP) is 3.93. The van der Waals surface area contributed by atoms with Crippen LogP contribution in [-0.2, 0) is 0 Å². The Kier molecular flexibility index (Phi) is 4.75. The molecule has 0 amide bonds. The zero-order valence-corrected chi connectivity index (χ0v) is 17.8. The van der Waals surface area contributed by atoms with Gasteiger partial charge in [-0.3, -0.25) is 4.98 Å². The molecule has 32 heavy (non-hydrogen) atoms. The zero-order valence-electron chi connectivity index (χ0n) is 17.8. The molecule has 8 heteroatoms. The van der Waals surface area contributed by atoms with Crippen LogP contribution in [0.3, 0.4) is 0 Å². The quantitative estimate of drug-likeness (QED) is 0.655. The van der Waals surface area contributed by atoms with Gasteiger partial charge < -0.3 is 15.0 Å². The minimum absolute atomic E-state index is 0.314. The second-order valence-corrected chi connectivity index (χ2v) is 9.15. The summed E-state index contributed by atoms with van der Waals surface area (Å²) in [5, 5.41) is 11.6. The number of hydrogen-bond donors (Lipinski definition) is 1. The van der Waals surface area contributed by atoms with Crippen LogP contribution in [0, 0.1) is 11.2 Å². The Morgan fingerprint density at radius 3 is 2.72 bits per heavy atom. The fourth-order valence-corrected chi connectivity index (χ4v) is 4.96. The summed E-state index contributed by atoms with van der Waals surface area (Å²) in [4.78, 5) is 11.3. The molecular formula is C24H25FN6O. The molecule has 1 aromatic carbocycles. The smallest absolute Gasteiger partial charge is 0.282 e. The molecule has 1 N–H and O–H groups in total. The minimum atomic E-state index is -0.314. The fourth-order valence-electron chi connectivity index (χ4n) is 4.96. The van der Waals surface area contributed by atoms with Crippen LogP contribution in [0.25, 0.3) is 11.1 Å². The summed E-state index contributed by atoms with van der Waals surface area (Å²) in [6, 6.07) is 8.42. The number of nitrogens with zero attached hydrogens (tertiary/aromatic N) is 5. The van der Waals surface area contributed by atoms with E-state index in [-0.39, 0.29) is 5.82 Å². The third-order valence-corrected chi connectivity index (χ3v) is 6.83. The van der Waals surface area contributed by atoms with Gasteiger partial charge >= 0.3 is 0 Å². The van der Waals surface area contributed by atoms with Crippen molar-refractivity contribution in [1.82, 2.24) is 25.5 Å². The lowest BCUT2D eigenvalue weighted by Gasteiger charge is -2.52. The first-order chi connectivity index (χ1) is 15.7. The predicted molar refractivity (Wildman–Crippen MR) is 118 cm³/mol. The topological polar surface area (TPSA) is 76.1 Å². The van der Waals surface area contributed by atoms with Crippen molar-refractivity contribution in [3.63, 3.8) is 0 Å². The third-order valence-electron chi connectivity index (χ3n) is 6.83. The van der Waals surface area contributed by atoms with Crippen molar-refractivity contribution in [3.8, 4) is 22.8 Å². The van der Waals surface area contributed by atoms with Gasteiger partial charge in [0.25, 0.3) is 5.88 Å². The Morgan fingerprint density at radius 1 is 1.06 bits per heavy atom. The van der Waals surface area contributed by atoms with Crippen molar-refractivity contribution in [2.75, 3.05) is 31.1 Å². The number of anilines is 1. The fraction of sp³-hybridized carbons (Fsp3) is 0.417. The van der Waals surface area contributed by atoms with E-state index in [1.54, 1.807) is 12.3 Å². The van der Waals surface area contributed by atoms with Gasteiger partial charge in [-0.2, -0.15) is 0 Å². The molecule has 2 aromatic heterocycles. The number of aromatic nitrogens is 4. The largest absolute Gasteiger partial charge is 0.434 e. The maximum Gasteiger partial charge on any atom is 0.282 e. The van der Waals surface area contributed by atoms with E-state index in [4.69, 9.17) is 4.74 Å². The molecule has 7 nitrogen and oxygen atoms in total. The number of benzene rings is 1. The number of pyridine rings is 1. The van der Waals surface area contributed by atoms with Crippen molar-refractivity contribution < 1.29 is 9.13 Å². The number of ether oxygens (including phenoxy) is 1. The van der Waals surface area contributed by atoms with Gasteiger partial charge in [0.15, 0.2) is 5.82 Å². The number of rotatable bonds is 5. The molecule has 4 heterocycles. The van der Waals surface area contributed by atoms with Gasteiger partial charge in [0.1, 0.15) is 17.9 Å². The Bertz CT molecular complexity index is 1140. The molecule has 6 rings (SSSR count). The Morgan fingerprint density at radius 2 is 1.91 bits per heavy atom. The van der Waals surface area contributed by atoms with Crippen molar-refractivity contribution in [3.05, 3.63) is 54.4 Å². The van der Waals surface area contributed by atoms with Crippen molar-refractivity contribution in [1.29, 1.82) is 0 Å². The molecule has 0 bridgehead atoms. The first kappa shape index (κ1) is 19.5. The monoisotopic (exact) mass is 432 g/mol. The van der Waals surface area contributed by atoms with E-state index in [9.17, 15) is 4.39 Å². The van der Waals surface area contributed by atoms with Crippen LogP contribution in [0.4, 0.5) is 10.2 Å².